The van der Waals surface area contributed by atoms with E-state index in [1.165, 1.54) is 54.4 Å². The predicted molar refractivity (Wildman–Crippen MR) is 468 cm³/mol. The number of furan rings is 2. The van der Waals surface area contributed by atoms with Crippen LogP contribution in [-0.4, -0.2) is 159 Å². The number of aromatic nitrogens is 8. The van der Waals surface area contributed by atoms with Crippen molar-refractivity contribution >= 4 is 69.7 Å². The molecule has 0 amide bonds. The fraction of sp³-hybridized carbons (Fsp3) is 0.356. The maximum absolute atomic E-state index is 13.7. The van der Waals surface area contributed by atoms with Gasteiger partial charge in [-0.3, -0.25) is 19.2 Å². The zero-order valence-corrected chi connectivity index (χ0v) is 68.9. The predicted octanol–water partition coefficient (Wildman–Crippen LogP) is 15.1. The summed E-state index contributed by atoms with van der Waals surface area (Å²) < 4.78 is 93.6. The van der Waals surface area contributed by atoms with Crippen molar-refractivity contribution < 1.29 is 61.5 Å². The number of rotatable bonds is 19. The van der Waals surface area contributed by atoms with Gasteiger partial charge in [-0.1, -0.05) is 65.0 Å². The molecule has 0 radical (unpaired) electrons. The maximum Gasteiger partial charge on any atom is 0.418 e. The van der Waals surface area contributed by atoms with Crippen molar-refractivity contribution in [3.05, 3.63) is 250 Å². The van der Waals surface area contributed by atoms with Gasteiger partial charge in [0.2, 0.25) is 23.1 Å². The number of carbonyl (C=O) groups is 4. The van der Waals surface area contributed by atoms with Gasteiger partial charge < -0.3 is 72.6 Å². The highest BCUT2D eigenvalue weighted by atomic mass is 19.4. The fourth-order valence-corrected chi connectivity index (χ4v) is 15.7. The minimum Gasteiger partial charge on any atom is -0.461 e. The second kappa shape index (κ2) is 38.0. The van der Waals surface area contributed by atoms with Crippen molar-refractivity contribution in [2.75, 3.05) is 115 Å². The zero-order valence-electron chi connectivity index (χ0n) is 68.9. The quantitative estimate of drug-likeness (QED) is 0.0275. The topological polar surface area (TPSA) is 363 Å². The average Bonchev–Trinajstić information content (AvgIpc) is 0.871. The molecule has 10 aromatic heterocycles. The SMILES string of the molecule is CC(C)C[C@H]1CN(c2ccc(C(F)(F)F)c(C(=O)c3cccnc3N)n2)CC2(CCC2)N1.CC[C@@H]1CN(c2ccc(C(F)(F)F)c(C(=O)c3cccnc3N)n2)C[C@H](C(C)C)N1.Cc1ccc(-c2ccc(N3CCNC(c4ccccc4)C3)nc2C(=O)c2cccnc2N)o1.Cc1ccc(-c2ccc(N3CCNCC3)nc2C(=O)c2cccnc2N)o1.[HH].[HH].[HH].[HH].[HH]. The van der Waals surface area contributed by atoms with Crippen molar-refractivity contribution in [1.82, 2.24) is 61.1 Å². The number of benzene rings is 1. The third-order valence-electron chi connectivity index (χ3n) is 22.2. The Kier molecular flexibility index (Phi) is 27.2. The first-order valence-corrected chi connectivity index (χ1v) is 40.8. The van der Waals surface area contributed by atoms with Gasteiger partial charge in [-0.05, 0) is 185 Å². The molecule has 648 valence electrons. The zero-order chi connectivity index (χ0) is 86.7. The van der Waals surface area contributed by atoms with Crippen LogP contribution >= 0.6 is 0 Å². The minimum absolute atomic E-state index is 0. The van der Waals surface area contributed by atoms with Crippen LogP contribution < -0.4 is 63.8 Å². The summed E-state index contributed by atoms with van der Waals surface area (Å²) in [7, 11) is 0. The van der Waals surface area contributed by atoms with E-state index in [-0.39, 0.29) is 82.8 Å². The molecule has 14 heterocycles. The van der Waals surface area contributed by atoms with Crippen LogP contribution in [0.25, 0.3) is 22.6 Å². The van der Waals surface area contributed by atoms with Crippen LogP contribution in [0.4, 0.5) is 72.9 Å². The number of hydrogen-bond acceptors (Lipinski definition) is 26. The lowest BCUT2D eigenvalue weighted by Crippen LogP contribution is -2.68. The normalized spacial score (nSPS) is 17.8. The third-order valence-corrected chi connectivity index (χ3v) is 22.2. The Morgan fingerprint density at radius 1 is 0.492 bits per heavy atom. The molecule has 4 atom stereocenters. The Bertz CT molecular complexity index is 5550. The number of nitrogens with two attached hydrogens (primary N) is 4. The van der Waals surface area contributed by atoms with Gasteiger partial charge in [0.05, 0.1) is 33.4 Å². The van der Waals surface area contributed by atoms with Crippen molar-refractivity contribution in [1.29, 1.82) is 0 Å². The maximum atomic E-state index is 13.7. The van der Waals surface area contributed by atoms with Crippen molar-refractivity contribution in [3.63, 3.8) is 0 Å². The first kappa shape index (κ1) is 87.3. The number of hydrogen-bond donors (Lipinski definition) is 8. The number of nitrogen functional groups attached to an aromatic ring is 4. The Balaban J connectivity index is 0.000000207. The van der Waals surface area contributed by atoms with Crippen molar-refractivity contribution in [2.24, 2.45) is 11.8 Å². The summed E-state index contributed by atoms with van der Waals surface area (Å²) in [6.07, 6.45) is 1.45. The van der Waals surface area contributed by atoms with Crippen LogP contribution in [0.5, 0.6) is 0 Å². The first-order chi connectivity index (χ1) is 58.4. The molecule has 0 bridgehead atoms. The smallest absolute Gasteiger partial charge is 0.418 e. The van der Waals surface area contributed by atoms with E-state index in [0.717, 1.165) is 113 Å². The molecule has 4 saturated heterocycles. The van der Waals surface area contributed by atoms with Gasteiger partial charge in [-0.25, -0.2) is 39.9 Å². The summed E-state index contributed by atoms with van der Waals surface area (Å²) in [5.74, 6) is 3.63. The lowest BCUT2D eigenvalue weighted by molar-refractivity contribution is -0.138. The van der Waals surface area contributed by atoms with E-state index in [2.05, 4.69) is 108 Å². The number of pyridine rings is 8. The van der Waals surface area contributed by atoms with E-state index < -0.39 is 46.4 Å². The first-order valence-electron chi connectivity index (χ1n) is 40.8. The molecule has 1 unspecified atom stereocenters. The molecule has 12 N–H and O–H groups in total. The summed E-state index contributed by atoms with van der Waals surface area (Å²) >= 11 is 0. The number of nitrogens with zero attached hydrogens (tertiary/aromatic N) is 12. The number of piperazine rings is 4. The molecule has 122 heavy (non-hydrogen) atoms. The van der Waals surface area contributed by atoms with E-state index >= 15 is 0 Å². The van der Waals surface area contributed by atoms with Gasteiger partial charge in [0, 0.05) is 145 Å². The van der Waals surface area contributed by atoms with E-state index in [9.17, 15) is 45.5 Å². The summed E-state index contributed by atoms with van der Waals surface area (Å²) in [5.41, 5.74) is 23.6. The van der Waals surface area contributed by atoms with Crippen LogP contribution in [0, 0.1) is 25.7 Å². The highest BCUT2D eigenvalue weighted by Gasteiger charge is 2.46. The van der Waals surface area contributed by atoms with Crippen LogP contribution in [0.15, 0.2) is 185 Å². The standard InChI is InChI=1S/C26H25N5O2.C23H28F3N5O.C21H26F3N5O.C20H21N5O2.5H2/c1-17-9-11-22(33-17)19-10-12-23(30-24(19)25(32)20-8-5-13-29-26(20)27)31-15-14-28-21(16-31)18-6-3-2-4-7-18;1-14(2)11-15-12-31(13-22(30-15)8-4-9-22)18-7-6-17(23(24,25)26)19(29-18)20(32)16-5-3-10-28-21(16)27;1-4-13-10-29(11-16(27-13)12(2)3)17-8-7-15(21(22,23)24)18(28-17)19(30)14-6-5-9-26-20(14)25;1-13-4-6-16(27-13)14-5-7-17(25-11-9-22-10-12-25)24-18(14)19(26)15-3-2-8-23-20(15)21;;;;;/h2-13,21,28H,14-16H2,1H3,(H2,27,29);3,5-7,10,14-15,30H,4,8-9,11-13H2,1-2H3,(H2,27,28);5-9,12-13,16,27H,4,10-11H2,1-3H3,(H2,25,26);2-8,22H,9-12H2,1H3,(H2,21,23);5*1H/t;15-;13-,16-;;;;;;/m.01....../s1. The van der Waals surface area contributed by atoms with Gasteiger partial charge in [-0.15, -0.1) is 0 Å². The van der Waals surface area contributed by atoms with Gasteiger partial charge in [-0.2, -0.15) is 26.3 Å². The van der Waals surface area contributed by atoms with E-state index in [4.69, 9.17) is 41.7 Å². The number of aryl methyl sites for hydroxylation is 2. The molecule has 1 saturated carbocycles. The molecule has 5 aliphatic rings. The van der Waals surface area contributed by atoms with Gasteiger partial charge in [0.15, 0.2) is 0 Å². The van der Waals surface area contributed by atoms with Crippen LogP contribution in [0.3, 0.4) is 0 Å². The third kappa shape index (κ3) is 20.6. The highest BCUT2D eigenvalue weighted by molar-refractivity contribution is 6.15. The molecule has 5 fully saturated rings. The summed E-state index contributed by atoms with van der Waals surface area (Å²) in [5, 5.41) is 14.2. The molecular weight excluding hydrogens is 1570 g/mol. The number of halogens is 6. The summed E-state index contributed by atoms with van der Waals surface area (Å²) in [4.78, 5) is 94.9. The average molecular weight is 1680 g/mol. The minimum atomic E-state index is -4.72. The van der Waals surface area contributed by atoms with Gasteiger partial charge in [0.25, 0.3) is 0 Å². The Morgan fingerprint density at radius 2 is 0.918 bits per heavy atom. The molecular formula is C90H110F6N20O6. The molecule has 26 nitrogen and oxygen atoms in total. The highest BCUT2D eigenvalue weighted by Crippen LogP contribution is 2.41. The lowest BCUT2D eigenvalue weighted by atomic mass is 9.74. The second-order valence-corrected chi connectivity index (χ2v) is 31.8. The Morgan fingerprint density at radius 3 is 1.34 bits per heavy atom. The molecule has 16 rings (SSSR count). The second-order valence-electron chi connectivity index (χ2n) is 31.8. The van der Waals surface area contributed by atoms with Crippen LogP contribution in [0.2, 0.25) is 0 Å². The Hall–Kier alpha value is -12.5. The van der Waals surface area contributed by atoms with Gasteiger partial charge in [0.1, 0.15) is 92.4 Å². The molecule has 11 aromatic rings. The van der Waals surface area contributed by atoms with E-state index in [1.807, 2.05) is 90.4 Å². The number of alkyl halides is 6. The largest absolute Gasteiger partial charge is 0.461 e. The number of ketones is 4. The molecule has 1 aliphatic carbocycles. The van der Waals surface area contributed by atoms with Gasteiger partial charge >= 0.3 is 12.4 Å². The number of anilines is 8. The molecule has 4 aliphatic heterocycles. The summed E-state index contributed by atoms with van der Waals surface area (Å²) in [6, 6.07) is 43.2. The van der Waals surface area contributed by atoms with Crippen molar-refractivity contribution in [2.45, 2.75) is 123 Å². The molecule has 1 aromatic carbocycles. The molecule has 32 heteroatoms. The van der Waals surface area contributed by atoms with Crippen LogP contribution in [0.1, 0.15) is 172 Å². The Labute approximate surface area is 710 Å². The fourth-order valence-electron chi connectivity index (χ4n) is 15.7. The summed E-state index contributed by atoms with van der Waals surface area (Å²) in [6.45, 7) is 22.6. The number of nitrogens with one attached hydrogen (secondary N) is 4. The van der Waals surface area contributed by atoms with E-state index in [0.29, 0.717) is 94.8 Å². The van der Waals surface area contributed by atoms with E-state index in [1.54, 1.807) is 36.7 Å². The monoisotopic (exact) mass is 1680 g/mol. The number of carbonyl (C=O) groups excluding carboxylic acids is 4. The van der Waals surface area contributed by atoms with Crippen LogP contribution in [-0.2, 0) is 12.4 Å². The molecule has 1 spiro atoms. The van der Waals surface area contributed by atoms with Crippen molar-refractivity contribution in [3.8, 4) is 22.6 Å². The lowest BCUT2D eigenvalue weighted by Gasteiger charge is -2.53.